The highest BCUT2D eigenvalue weighted by molar-refractivity contribution is 7.91. The minimum absolute atomic E-state index is 0.0631. The molecule has 0 aromatic carbocycles. The van der Waals surface area contributed by atoms with E-state index in [4.69, 9.17) is 5.73 Å². The first-order chi connectivity index (χ1) is 7.89. The van der Waals surface area contributed by atoms with Crippen molar-refractivity contribution in [2.45, 2.75) is 38.8 Å². The second-order valence-corrected chi connectivity index (χ2v) is 8.08. The summed E-state index contributed by atoms with van der Waals surface area (Å²) in [6.07, 6.45) is 2.36. The molecule has 17 heavy (non-hydrogen) atoms. The zero-order valence-electron chi connectivity index (χ0n) is 10.8. The Morgan fingerprint density at radius 1 is 1.18 bits per heavy atom. The van der Waals surface area contributed by atoms with Crippen molar-refractivity contribution >= 4 is 9.84 Å². The van der Waals surface area contributed by atoms with E-state index >= 15 is 0 Å². The number of nitrogens with two attached hydrogens (primary N) is 1. The van der Waals surface area contributed by atoms with Gasteiger partial charge in [0.2, 0.25) is 0 Å². The minimum atomic E-state index is -2.89. The zero-order chi connectivity index (χ0) is 12.6. The Balaban J connectivity index is 1.93. The molecule has 100 valence electrons. The van der Waals surface area contributed by atoms with Gasteiger partial charge >= 0.3 is 0 Å². The van der Waals surface area contributed by atoms with Gasteiger partial charge in [-0.25, -0.2) is 8.42 Å². The molecule has 0 radical (unpaired) electrons. The highest BCUT2D eigenvalue weighted by Crippen LogP contribution is 2.27. The van der Waals surface area contributed by atoms with Crippen LogP contribution >= 0.6 is 0 Å². The van der Waals surface area contributed by atoms with Gasteiger partial charge in [0, 0.05) is 12.1 Å². The number of rotatable bonds is 2. The second-order valence-electron chi connectivity index (χ2n) is 5.93. The van der Waals surface area contributed by atoms with Crippen molar-refractivity contribution in [1.82, 2.24) is 4.90 Å². The molecule has 2 unspecified atom stereocenters. The fourth-order valence-electron chi connectivity index (χ4n) is 3.15. The number of nitrogens with zero attached hydrogens (tertiary/aromatic N) is 1. The van der Waals surface area contributed by atoms with Crippen LogP contribution in [0.1, 0.15) is 26.7 Å². The van der Waals surface area contributed by atoms with E-state index in [0.29, 0.717) is 0 Å². The lowest BCUT2D eigenvalue weighted by Gasteiger charge is -2.38. The molecule has 0 spiro atoms. The molecule has 2 N–H and O–H groups in total. The van der Waals surface area contributed by atoms with E-state index in [0.717, 1.165) is 24.9 Å². The van der Waals surface area contributed by atoms with Gasteiger partial charge in [-0.3, -0.25) is 4.90 Å². The van der Waals surface area contributed by atoms with Crippen LogP contribution in [0.5, 0.6) is 0 Å². The lowest BCUT2D eigenvalue weighted by atomic mass is 9.86. The van der Waals surface area contributed by atoms with Crippen LogP contribution in [0.2, 0.25) is 0 Å². The third-order valence-electron chi connectivity index (χ3n) is 4.35. The molecule has 2 saturated heterocycles. The molecule has 2 fully saturated rings. The van der Waals surface area contributed by atoms with Crippen molar-refractivity contribution in [2.24, 2.45) is 17.6 Å². The first kappa shape index (κ1) is 13.3. The molecular formula is C12H24N2O2S. The van der Waals surface area contributed by atoms with Crippen LogP contribution in [-0.2, 0) is 9.84 Å². The second kappa shape index (κ2) is 4.86. The van der Waals surface area contributed by atoms with Crippen LogP contribution in [-0.4, -0.2) is 50.0 Å². The van der Waals surface area contributed by atoms with Crippen molar-refractivity contribution in [2.75, 3.05) is 24.6 Å². The smallest absolute Gasteiger partial charge is 0.153 e. The summed E-state index contributed by atoms with van der Waals surface area (Å²) in [5.41, 5.74) is 5.96. The van der Waals surface area contributed by atoms with E-state index in [2.05, 4.69) is 18.7 Å². The first-order valence-electron chi connectivity index (χ1n) is 6.59. The van der Waals surface area contributed by atoms with Gasteiger partial charge in [-0.15, -0.1) is 0 Å². The number of piperidine rings is 1. The number of hydrogen-bond acceptors (Lipinski definition) is 4. The third kappa shape index (κ3) is 3.01. The molecule has 4 nitrogen and oxygen atoms in total. The zero-order valence-corrected chi connectivity index (χ0v) is 11.6. The van der Waals surface area contributed by atoms with Crippen LogP contribution in [0.15, 0.2) is 0 Å². The topological polar surface area (TPSA) is 63.4 Å². The van der Waals surface area contributed by atoms with Crippen LogP contribution in [0.3, 0.4) is 0 Å². The maximum Gasteiger partial charge on any atom is 0.153 e. The summed E-state index contributed by atoms with van der Waals surface area (Å²) in [6.45, 7) is 6.56. The fraction of sp³-hybridized carbons (Fsp3) is 1.00. The van der Waals surface area contributed by atoms with Crippen molar-refractivity contribution in [3.05, 3.63) is 0 Å². The first-order valence-corrected chi connectivity index (χ1v) is 8.41. The van der Waals surface area contributed by atoms with Crippen molar-refractivity contribution in [3.63, 3.8) is 0 Å². The van der Waals surface area contributed by atoms with E-state index in [-0.39, 0.29) is 23.6 Å². The van der Waals surface area contributed by atoms with Crippen LogP contribution in [0.25, 0.3) is 0 Å². The molecule has 2 aliphatic rings. The Kier molecular flexibility index (Phi) is 3.80. The summed E-state index contributed by atoms with van der Waals surface area (Å²) >= 11 is 0. The summed E-state index contributed by atoms with van der Waals surface area (Å²) < 4.78 is 23.1. The Labute approximate surface area is 104 Å². The van der Waals surface area contributed by atoms with Gasteiger partial charge in [0.1, 0.15) is 0 Å². The highest BCUT2D eigenvalue weighted by Gasteiger charge is 2.39. The SMILES string of the molecule is CC(C)C1CCN(C2CS(=O)(=O)CC2N)CC1. The molecule has 5 heteroatoms. The fourth-order valence-corrected chi connectivity index (χ4v) is 5.07. The molecule has 0 saturated carbocycles. The summed E-state index contributed by atoms with van der Waals surface area (Å²) in [5.74, 6) is 1.96. The summed E-state index contributed by atoms with van der Waals surface area (Å²) in [7, 11) is -2.89. The van der Waals surface area contributed by atoms with Gasteiger partial charge in [-0.05, 0) is 37.8 Å². The van der Waals surface area contributed by atoms with Gasteiger partial charge < -0.3 is 5.73 Å². The Hall–Kier alpha value is -0.130. The van der Waals surface area contributed by atoms with Gasteiger partial charge in [0.15, 0.2) is 9.84 Å². The molecule has 0 aromatic heterocycles. The Morgan fingerprint density at radius 3 is 2.18 bits per heavy atom. The molecule has 2 atom stereocenters. The monoisotopic (exact) mass is 260 g/mol. The van der Waals surface area contributed by atoms with Gasteiger partial charge in [0.25, 0.3) is 0 Å². The van der Waals surface area contributed by atoms with Crippen molar-refractivity contribution in [1.29, 1.82) is 0 Å². The molecular weight excluding hydrogens is 236 g/mol. The third-order valence-corrected chi connectivity index (χ3v) is 6.09. The van der Waals surface area contributed by atoms with Crippen LogP contribution in [0.4, 0.5) is 0 Å². The van der Waals surface area contributed by atoms with E-state index < -0.39 is 9.84 Å². The summed E-state index contributed by atoms with van der Waals surface area (Å²) in [6, 6.07) is -0.122. The normalized spacial score (nSPS) is 35.5. The molecule has 2 rings (SSSR count). The average Bonchev–Trinajstić information content (AvgIpc) is 2.52. The standard InChI is InChI=1S/C12H24N2O2S/c1-9(2)10-3-5-14(6-4-10)12-8-17(15,16)7-11(12)13/h9-12H,3-8,13H2,1-2H3. The largest absolute Gasteiger partial charge is 0.325 e. The molecule has 0 aromatic rings. The maximum absolute atomic E-state index is 11.6. The molecule has 0 amide bonds. The van der Waals surface area contributed by atoms with E-state index in [1.807, 2.05) is 0 Å². The van der Waals surface area contributed by atoms with Gasteiger partial charge in [-0.2, -0.15) is 0 Å². The van der Waals surface area contributed by atoms with E-state index in [9.17, 15) is 8.42 Å². The Morgan fingerprint density at radius 2 is 1.76 bits per heavy atom. The van der Waals surface area contributed by atoms with E-state index in [1.54, 1.807) is 0 Å². The van der Waals surface area contributed by atoms with Crippen LogP contribution in [0, 0.1) is 11.8 Å². The predicted octanol–water partition coefficient (Wildman–Crippen LogP) is 0.479. The Bertz CT molecular complexity index is 359. The highest BCUT2D eigenvalue weighted by atomic mass is 32.2. The minimum Gasteiger partial charge on any atom is -0.325 e. The number of hydrogen-bond donors (Lipinski definition) is 1. The summed E-state index contributed by atoms with van der Waals surface area (Å²) in [5, 5.41) is 0. The number of likely N-dealkylation sites (tertiary alicyclic amines) is 1. The van der Waals surface area contributed by atoms with E-state index in [1.165, 1.54) is 12.8 Å². The molecule has 2 heterocycles. The lowest BCUT2D eigenvalue weighted by Crippen LogP contribution is -2.50. The summed E-state index contributed by atoms with van der Waals surface area (Å²) in [4.78, 5) is 2.30. The number of sulfone groups is 1. The predicted molar refractivity (Wildman–Crippen MR) is 69.6 cm³/mol. The van der Waals surface area contributed by atoms with Gasteiger partial charge in [0.05, 0.1) is 11.5 Å². The molecule has 2 aliphatic heterocycles. The van der Waals surface area contributed by atoms with Crippen molar-refractivity contribution < 1.29 is 8.42 Å². The molecule has 0 aliphatic carbocycles. The lowest BCUT2D eigenvalue weighted by molar-refractivity contribution is 0.117. The maximum atomic E-state index is 11.6. The molecule has 0 bridgehead atoms. The quantitative estimate of drug-likeness (QED) is 0.784. The van der Waals surface area contributed by atoms with Crippen molar-refractivity contribution in [3.8, 4) is 0 Å². The van der Waals surface area contributed by atoms with Gasteiger partial charge in [-0.1, -0.05) is 13.8 Å². The van der Waals surface area contributed by atoms with Crippen LogP contribution < -0.4 is 5.73 Å². The average molecular weight is 260 g/mol.